The number of para-hydroxylation sites is 1. The SMILES string of the molecule is CNC(=O)[C@H](Cc1ccccc1)N(Cc1cccc(Cl)c1)C(=O)COc1ccccc1C(C)C. The number of hydrogen-bond acceptors (Lipinski definition) is 3. The van der Waals surface area contributed by atoms with Gasteiger partial charge in [-0.2, -0.15) is 0 Å². The van der Waals surface area contributed by atoms with Crippen LogP contribution in [0.4, 0.5) is 0 Å². The number of halogens is 1. The van der Waals surface area contributed by atoms with Crippen LogP contribution >= 0.6 is 11.6 Å². The van der Waals surface area contributed by atoms with Gasteiger partial charge in [0.25, 0.3) is 5.91 Å². The summed E-state index contributed by atoms with van der Waals surface area (Å²) >= 11 is 6.19. The molecule has 0 unspecified atom stereocenters. The van der Waals surface area contributed by atoms with Gasteiger partial charge in [0.05, 0.1) is 0 Å². The van der Waals surface area contributed by atoms with Crippen LogP contribution in [0.25, 0.3) is 0 Å². The number of benzene rings is 3. The van der Waals surface area contributed by atoms with Crippen LogP contribution in [0, 0.1) is 0 Å². The molecule has 1 N–H and O–H groups in total. The molecule has 178 valence electrons. The predicted molar refractivity (Wildman–Crippen MR) is 136 cm³/mol. The first kappa shape index (κ1) is 25.3. The molecule has 1 atom stereocenters. The molecule has 0 radical (unpaired) electrons. The van der Waals surface area contributed by atoms with Crippen LogP contribution in [0.1, 0.15) is 36.5 Å². The number of amides is 2. The number of likely N-dealkylation sites (N-methyl/N-ethyl adjacent to an activating group) is 1. The molecule has 3 aromatic carbocycles. The second kappa shape index (κ2) is 12.2. The van der Waals surface area contributed by atoms with E-state index in [1.165, 1.54) is 0 Å². The first-order chi connectivity index (χ1) is 16.4. The summed E-state index contributed by atoms with van der Waals surface area (Å²) in [5, 5.41) is 3.29. The highest BCUT2D eigenvalue weighted by Crippen LogP contribution is 2.26. The Balaban J connectivity index is 1.89. The fourth-order valence-corrected chi connectivity index (χ4v) is 4.08. The van der Waals surface area contributed by atoms with Gasteiger partial charge in [-0.05, 0) is 40.8 Å². The minimum atomic E-state index is -0.706. The lowest BCUT2D eigenvalue weighted by Gasteiger charge is -2.31. The molecule has 0 bridgehead atoms. The van der Waals surface area contributed by atoms with Crippen LogP contribution in [0.15, 0.2) is 78.9 Å². The van der Waals surface area contributed by atoms with Gasteiger partial charge < -0.3 is 15.0 Å². The third kappa shape index (κ3) is 6.84. The van der Waals surface area contributed by atoms with Gasteiger partial charge in [0.1, 0.15) is 11.8 Å². The van der Waals surface area contributed by atoms with E-state index in [0.29, 0.717) is 17.2 Å². The molecule has 0 heterocycles. The Hall–Kier alpha value is -3.31. The van der Waals surface area contributed by atoms with Crippen LogP contribution < -0.4 is 10.1 Å². The number of nitrogens with one attached hydrogen (secondary N) is 1. The van der Waals surface area contributed by atoms with Crippen molar-refractivity contribution in [2.45, 2.75) is 38.8 Å². The van der Waals surface area contributed by atoms with E-state index in [9.17, 15) is 9.59 Å². The maximum Gasteiger partial charge on any atom is 0.261 e. The number of carbonyl (C=O) groups is 2. The van der Waals surface area contributed by atoms with Crippen LogP contribution in [0.2, 0.25) is 5.02 Å². The predicted octanol–water partition coefficient (Wildman–Crippen LogP) is 5.23. The summed E-state index contributed by atoms with van der Waals surface area (Å²) in [6.07, 6.45) is 0.384. The van der Waals surface area contributed by atoms with Crippen molar-refractivity contribution in [3.63, 3.8) is 0 Å². The lowest BCUT2D eigenvalue weighted by molar-refractivity contribution is -0.142. The molecule has 3 aromatic rings. The van der Waals surface area contributed by atoms with Gasteiger partial charge in [0, 0.05) is 25.0 Å². The number of hydrogen-bond donors (Lipinski definition) is 1. The Morgan fingerprint density at radius 2 is 1.62 bits per heavy atom. The summed E-state index contributed by atoms with van der Waals surface area (Å²) in [6.45, 7) is 4.22. The minimum absolute atomic E-state index is 0.174. The molecule has 0 aliphatic carbocycles. The highest BCUT2D eigenvalue weighted by molar-refractivity contribution is 6.30. The van der Waals surface area contributed by atoms with Gasteiger partial charge >= 0.3 is 0 Å². The quantitative estimate of drug-likeness (QED) is 0.434. The maximum atomic E-state index is 13.5. The van der Waals surface area contributed by atoms with Crippen LogP contribution in [0.5, 0.6) is 5.75 Å². The number of carbonyl (C=O) groups excluding carboxylic acids is 2. The molecule has 0 aliphatic heterocycles. The van der Waals surface area contributed by atoms with Gasteiger partial charge in [-0.25, -0.2) is 0 Å². The molecular weight excluding hydrogens is 448 g/mol. The van der Waals surface area contributed by atoms with Crippen LogP contribution in [-0.4, -0.2) is 36.4 Å². The Bertz CT molecular complexity index is 1100. The molecule has 3 rings (SSSR count). The molecule has 5 nitrogen and oxygen atoms in total. The molecule has 2 amide bonds. The molecule has 0 fully saturated rings. The maximum absolute atomic E-state index is 13.5. The number of rotatable bonds is 10. The van der Waals surface area contributed by atoms with E-state index in [2.05, 4.69) is 19.2 Å². The zero-order chi connectivity index (χ0) is 24.5. The molecule has 0 saturated heterocycles. The van der Waals surface area contributed by atoms with E-state index in [4.69, 9.17) is 16.3 Å². The molecule has 34 heavy (non-hydrogen) atoms. The van der Waals surface area contributed by atoms with Gasteiger partial charge in [0.2, 0.25) is 5.91 Å². The molecule has 0 saturated carbocycles. The van der Waals surface area contributed by atoms with Gasteiger partial charge in [-0.1, -0.05) is 86.1 Å². The molecule has 0 aromatic heterocycles. The number of ether oxygens (including phenoxy) is 1. The van der Waals surface area contributed by atoms with Gasteiger partial charge in [-0.3, -0.25) is 9.59 Å². The lowest BCUT2D eigenvalue weighted by Crippen LogP contribution is -2.51. The minimum Gasteiger partial charge on any atom is -0.483 e. The molecular formula is C28H31ClN2O3. The van der Waals surface area contributed by atoms with Gasteiger partial charge in [-0.15, -0.1) is 0 Å². The highest BCUT2D eigenvalue weighted by atomic mass is 35.5. The third-order valence-electron chi connectivity index (χ3n) is 5.65. The average Bonchev–Trinajstić information content (AvgIpc) is 2.85. The zero-order valence-corrected chi connectivity index (χ0v) is 20.6. The summed E-state index contributed by atoms with van der Waals surface area (Å²) < 4.78 is 5.97. The standard InChI is InChI=1S/C28H31ClN2O3/c1-20(2)24-14-7-8-15-26(24)34-19-27(32)31(18-22-12-9-13-23(29)16-22)25(28(33)30-3)17-21-10-5-4-6-11-21/h4-16,20,25H,17-19H2,1-3H3,(H,30,33)/t25-/m0/s1. The number of nitrogens with zero attached hydrogens (tertiary/aromatic N) is 1. The summed E-state index contributed by atoms with van der Waals surface area (Å²) in [4.78, 5) is 28.1. The van der Waals surface area contributed by atoms with Crippen molar-refractivity contribution in [3.05, 3.63) is 101 Å². The Morgan fingerprint density at radius 3 is 2.29 bits per heavy atom. The fraction of sp³-hybridized carbons (Fsp3) is 0.286. The largest absolute Gasteiger partial charge is 0.483 e. The van der Waals surface area contributed by atoms with E-state index in [-0.39, 0.29) is 30.9 Å². The van der Waals surface area contributed by atoms with Crippen molar-refractivity contribution in [2.24, 2.45) is 0 Å². The average molecular weight is 479 g/mol. The normalized spacial score (nSPS) is 11.7. The topological polar surface area (TPSA) is 58.6 Å². The Morgan fingerprint density at radius 1 is 0.941 bits per heavy atom. The van der Waals surface area contributed by atoms with Crippen LogP contribution in [-0.2, 0) is 22.6 Å². The van der Waals surface area contributed by atoms with Crippen molar-refractivity contribution in [1.82, 2.24) is 10.2 Å². The van der Waals surface area contributed by atoms with E-state index < -0.39 is 6.04 Å². The van der Waals surface area contributed by atoms with Crippen molar-refractivity contribution in [2.75, 3.05) is 13.7 Å². The lowest BCUT2D eigenvalue weighted by atomic mass is 10.0. The summed E-state index contributed by atoms with van der Waals surface area (Å²) in [7, 11) is 1.58. The second-order valence-electron chi connectivity index (χ2n) is 8.45. The molecule has 0 spiro atoms. The van der Waals surface area contributed by atoms with Crippen LogP contribution in [0.3, 0.4) is 0 Å². The molecule has 0 aliphatic rings. The van der Waals surface area contributed by atoms with E-state index in [1.54, 1.807) is 24.1 Å². The first-order valence-corrected chi connectivity index (χ1v) is 11.8. The van der Waals surface area contributed by atoms with Crippen molar-refractivity contribution >= 4 is 23.4 Å². The second-order valence-corrected chi connectivity index (χ2v) is 8.89. The summed E-state index contributed by atoms with van der Waals surface area (Å²) in [6, 6.07) is 24.0. The van der Waals surface area contributed by atoms with Crippen molar-refractivity contribution in [1.29, 1.82) is 0 Å². The highest BCUT2D eigenvalue weighted by Gasteiger charge is 2.30. The molecule has 6 heteroatoms. The van der Waals surface area contributed by atoms with Crippen molar-refractivity contribution in [3.8, 4) is 5.75 Å². The fourth-order valence-electron chi connectivity index (χ4n) is 3.86. The van der Waals surface area contributed by atoms with E-state index in [1.807, 2.05) is 66.7 Å². The first-order valence-electron chi connectivity index (χ1n) is 11.4. The Kier molecular flexibility index (Phi) is 9.11. The summed E-state index contributed by atoms with van der Waals surface area (Å²) in [5.74, 6) is 0.420. The van der Waals surface area contributed by atoms with Crippen molar-refractivity contribution < 1.29 is 14.3 Å². The Labute approximate surface area is 206 Å². The summed E-state index contributed by atoms with van der Waals surface area (Å²) in [5.41, 5.74) is 2.83. The van der Waals surface area contributed by atoms with Gasteiger partial charge in [0.15, 0.2) is 6.61 Å². The third-order valence-corrected chi connectivity index (χ3v) is 5.89. The zero-order valence-electron chi connectivity index (χ0n) is 19.8. The van der Waals surface area contributed by atoms with E-state index >= 15 is 0 Å². The smallest absolute Gasteiger partial charge is 0.261 e. The monoisotopic (exact) mass is 478 g/mol. The van der Waals surface area contributed by atoms with E-state index in [0.717, 1.165) is 16.7 Å².